The number of carbonyl (C=O) groups is 1. The van der Waals surface area contributed by atoms with Gasteiger partial charge in [0.15, 0.2) is 0 Å². The van der Waals surface area contributed by atoms with Gasteiger partial charge in [-0.3, -0.25) is 4.79 Å². The van der Waals surface area contributed by atoms with E-state index in [1.807, 2.05) is 12.1 Å². The molecule has 6 heteroatoms. The van der Waals surface area contributed by atoms with E-state index in [2.05, 4.69) is 32.5 Å². The van der Waals surface area contributed by atoms with Crippen molar-refractivity contribution in [3.63, 3.8) is 0 Å². The first kappa shape index (κ1) is 16.1. The van der Waals surface area contributed by atoms with Crippen LogP contribution in [-0.2, 0) is 0 Å². The number of amides is 1. The maximum Gasteiger partial charge on any atom is 0.316 e. The largest absolute Gasteiger partial charge is 0.372 e. The van der Waals surface area contributed by atoms with Crippen LogP contribution >= 0.6 is 0 Å². The molecule has 25 heavy (non-hydrogen) atoms. The molecule has 0 atom stereocenters. The Bertz CT molecular complexity index is 713. The molecule has 2 aliphatic rings. The third-order valence-electron chi connectivity index (χ3n) is 5.16. The van der Waals surface area contributed by atoms with Crippen LogP contribution in [0.15, 0.2) is 28.8 Å². The molecule has 1 saturated carbocycles. The van der Waals surface area contributed by atoms with Crippen LogP contribution in [0.3, 0.4) is 0 Å². The van der Waals surface area contributed by atoms with Gasteiger partial charge < -0.3 is 14.7 Å². The second kappa shape index (κ2) is 7.25. The van der Waals surface area contributed by atoms with Gasteiger partial charge in [0, 0.05) is 30.4 Å². The topological polar surface area (TPSA) is 71.3 Å². The van der Waals surface area contributed by atoms with Crippen LogP contribution in [0.25, 0.3) is 11.4 Å². The smallest absolute Gasteiger partial charge is 0.316 e. The predicted octanol–water partition coefficient (Wildman–Crippen LogP) is 3.40. The van der Waals surface area contributed by atoms with Gasteiger partial charge in [0.2, 0.25) is 5.82 Å². The Hall–Kier alpha value is -2.37. The van der Waals surface area contributed by atoms with Crippen molar-refractivity contribution in [3.05, 3.63) is 30.2 Å². The average molecular weight is 340 g/mol. The Balaban J connectivity index is 1.43. The fourth-order valence-electron chi connectivity index (χ4n) is 3.72. The highest BCUT2D eigenvalue weighted by Crippen LogP contribution is 2.24. The molecule has 0 unspecified atom stereocenters. The minimum absolute atomic E-state index is 0.0435. The van der Waals surface area contributed by atoms with E-state index in [1.54, 1.807) is 0 Å². The first-order valence-corrected chi connectivity index (χ1v) is 9.29. The number of piperidine rings is 1. The highest BCUT2D eigenvalue weighted by Gasteiger charge is 2.22. The zero-order chi connectivity index (χ0) is 17.1. The Labute approximate surface area is 147 Å². The maximum atomic E-state index is 12.2. The highest BCUT2D eigenvalue weighted by atomic mass is 16.5. The number of nitrogens with one attached hydrogen (secondary N) is 1. The molecule has 6 nitrogen and oxygen atoms in total. The molecule has 1 aromatic carbocycles. The number of rotatable bonds is 4. The highest BCUT2D eigenvalue weighted by molar-refractivity contribution is 5.90. The van der Waals surface area contributed by atoms with Crippen LogP contribution in [0.5, 0.6) is 0 Å². The summed E-state index contributed by atoms with van der Waals surface area (Å²) in [5.74, 6) is 0.236. The first-order chi connectivity index (χ1) is 12.3. The summed E-state index contributed by atoms with van der Waals surface area (Å²) in [4.78, 5) is 18.9. The lowest BCUT2D eigenvalue weighted by Gasteiger charge is -2.28. The van der Waals surface area contributed by atoms with E-state index in [1.165, 1.54) is 37.8 Å². The van der Waals surface area contributed by atoms with Crippen molar-refractivity contribution >= 4 is 11.6 Å². The SMILES string of the molecule is O=C(NC1CCCC1)c1nc(-c2ccc(N3CCCCC3)cc2)no1. The van der Waals surface area contributed by atoms with Gasteiger partial charge >= 0.3 is 11.8 Å². The number of nitrogens with zero attached hydrogens (tertiary/aromatic N) is 3. The van der Waals surface area contributed by atoms with E-state index in [0.717, 1.165) is 31.5 Å². The zero-order valence-corrected chi connectivity index (χ0v) is 14.4. The number of carbonyl (C=O) groups excluding carboxylic acids is 1. The summed E-state index contributed by atoms with van der Waals surface area (Å²) in [6.45, 7) is 2.24. The van der Waals surface area contributed by atoms with Gasteiger partial charge in [-0.15, -0.1) is 0 Å². The van der Waals surface area contributed by atoms with Crippen molar-refractivity contribution in [1.29, 1.82) is 0 Å². The van der Waals surface area contributed by atoms with Crippen LogP contribution < -0.4 is 10.2 Å². The molecule has 2 heterocycles. The van der Waals surface area contributed by atoms with Gasteiger partial charge in [0.1, 0.15) is 0 Å². The summed E-state index contributed by atoms with van der Waals surface area (Å²) in [5, 5.41) is 6.93. The van der Waals surface area contributed by atoms with Gasteiger partial charge in [-0.1, -0.05) is 18.0 Å². The molecule has 2 fully saturated rings. The molecule has 1 amide bonds. The number of aromatic nitrogens is 2. The van der Waals surface area contributed by atoms with Crippen molar-refractivity contribution < 1.29 is 9.32 Å². The third-order valence-corrected chi connectivity index (χ3v) is 5.16. The lowest BCUT2D eigenvalue weighted by atomic mass is 10.1. The molecule has 132 valence electrons. The second-order valence-electron chi connectivity index (χ2n) is 6.97. The first-order valence-electron chi connectivity index (χ1n) is 9.29. The molecule has 2 aromatic rings. The number of anilines is 1. The Kier molecular flexibility index (Phi) is 4.68. The Morgan fingerprint density at radius 1 is 1.04 bits per heavy atom. The van der Waals surface area contributed by atoms with E-state index in [4.69, 9.17) is 4.52 Å². The van der Waals surface area contributed by atoms with Gasteiger partial charge in [0.25, 0.3) is 0 Å². The molecule has 1 aliphatic heterocycles. The lowest BCUT2D eigenvalue weighted by molar-refractivity contribution is 0.0893. The average Bonchev–Trinajstić information content (AvgIpc) is 3.34. The molecule has 1 aromatic heterocycles. The van der Waals surface area contributed by atoms with Gasteiger partial charge in [-0.25, -0.2) is 0 Å². The lowest BCUT2D eigenvalue weighted by Crippen LogP contribution is -2.32. The van der Waals surface area contributed by atoms with Crippen molar-refractivity contribution in [3.8, 4) is 11.4 Å². The van der Waals surface area contributed by atoms with Crippen molar-refractivity contribution in [2.45, 2.75) is 51.0 Å². The van der Waals surface area contributed by atoms with Gasteiger partial charge in [0.05, 0.1) is 0 Å². The molecule has 0 spiro atoms. The van der Waals surface area contributed by atoms with E-state index in [-0.39, 0.29) is 17.8 Å². The van der Waals surface area contributed by atoms with Crippen LogP contribution in [0, 0.1) is 0 Å². The number of benzene rings is 1. The van der Waals surface area contributed by atoms with Crippen molar-refractivity contribution in [2.24, 2.45) is 0 Å². The number of hydrogen-bond donors (Lipinski definition) is 1. The van der Waals surface area contributed by atoms with Gasteiger partial charge in [-0.2, -0.15) is 4.98 Å². The van der Waals surface area contributed by atoms with E-state index < -0.39 is 0 Å². The molecular weight excluding hydrogens is 316 g/mol. The standard InChI is InChI=1S/C19H24N4O2/c24-18(20-15-6-2-3-7-15)19-21-17(22-25-19)14-8-10-16(11-9-14)23-12-4-1-5-13-23/h8-11,15H,1-7,12-13H2,(H,20,24). The van der Waals surface area contributed by atoms with Crippen LogP contribution in [0.2, 0.25) is 0 Å². The fraction of sp³-hybridized carbons (Fsp3) is 0.526. The second-order valence-corrected chi connectivity index (χ2v) is 6.97. The summed E-state index contributed by atoms with van der Waals surface area (Å²) < 4.78 is 5.15. The summed E-state index contributed by atoms with van der Waals surface area (Å²) in [6.07, 6.45) is 8.24. The summed E-state index contributed by atoms with van der Waals surface area (Å²) in [5.41, 5.74) is 2.09. The molecule has 0 bridgehead atoms. The minimum atomic E-state index is -0.268. The third kappa shape index (κ3) is 3.67. The molecule has 1 N–H and O–H groups in total. The Morgan fingerprint density at radius 3 is 2.48 bits per heavy atom. The molecule has 1 aliphatic carbocycles. The van der Waals surface area contributed by atoms with Crippen LogP contribution in [0.4, 0.5) is 5.69 Å². The van der Waals surface area contributed by atoms with Crippen molar-refractivity contribution in [2.75, 3.05) is 18.0 Å². The van der Waals surface area contributed by atoms with Crippen LogP contribution in [-0.4, -0.2) is 35.2 Å². The fourth-order valence-corrected chi connectivity index (χ4v) is 3.72. The minimum Gasteiger partial charge on any atom is -0.372 e. The monoisotopic (exact) mass is 340 g/mol. The molecule has 0 radical (unpaired) electrons. The maximum absolute atomic E-state index is 12.2. The van der Waals surface area contributed by atoms with E-state index in [0.29, 0.717) is 5.82 Å². The Morgan fingerprint density at radius 2 is 1.76 bits per heavy atom. The zero-order valence-electron chi connectivity index (χ0n) is 14.4. The van der Waals surface area contributed by atoms with E-state index >= 15 is 0 Å². The summed E-state index contributed by atoms with van der Waals surface area (Å²) in [7, 11) is 0. The molecule has 4 rings (SSSR count). The predicted molar refractivity (Wildman–Crippen MR) is 95.5 cm³/mol. The quantitative estimate of drug-likeness (QED) is 0.923. The summed E-state index contributed by atoms with van der Waals surface area (Å²) >= 11 is 0. The normalized spacial score (nSPS) is 18.5. The van der Waals surface area contributed by atoms with Crippen LogP contribution in [0.1, 0.15) is 55.6 Å². The van der Waals surface area contributed by atoms with Crippen molar-refractivity contribution in [1.82, 2.24) is 15.5 Å². The molecule has 1 saturated heterocycles. The number of hydrogen-bond acceptors (Lipinski definition) is 5. The van der Waals surface area contributed by atoms with Gasteiger partial charge in [-0.05, 0) is 56.4 Å². The molecular formula is C19H24N4O2. The summed E-state index contributed by atoms with van der Waals surface area (Å²) in [6, 6.07) is 8.41. The van der Waals surface area contributed by atoms with E-state index in [9.17, 15) is 4.79 Å².